The van der Waals surface area contributed by atoms with Gasteiger partial charge in [0, 0.05) is 11.6 Å². The summed E-state index contributed by atoms with van der Waals surface area (Å²) in [6, 6.07) is 6.52. The van der Waals surface area contributed by atoms with Gasteiger partial charge in [0.05, 0.1) is 5.69 Å². The molecule has 1 aromatic carbocycles. The summed E-state index contributed by atoms with van der Waals surface area (Å²) in [6.07, 6.45) is 1.55. The molecule has 0 amide bonds. The number of nitrogens with zero attached hydrogens (tertiary/aromatic N) is 1. The molecule has 2 aromatic rings. The van der Waals surface area contributed by atoms with E-state index in [9.17, 15) is 0 Å². The van der Waals surface area contributed by atoms with Gasteiger partial charge in [0.1, 0.15) is 12.0 Å². The van der Waals surface area contributed by atoms with Gasteiger partial charge in [-0.15, -0.1) is 0 Å². The van der Waals surface area contributed by atoms with Crippen molar-refractivity contribution < 1.29 is 9.52 Å². The van der Waals surface area contributed by atoms with Crippen molar-refractivity contribution in [2.45, 2.75) is 13.0 Å². The van der Waals surface area contributed by atoms with Crippen LogP contribution in [-0.4, -0.2) is 10.1 Å². The van der Waals surface area contributed by atoms with E-state index >= 15 is 0 Å². The van der Waals surface area contributed by atoms with Gasteiger partial charge >= 0.3 is 0 Å². The number of oxazole rings is 1. The Bertz CT molecular complexity index is 446. The third-order valence-corrected chi connectivity index (χ3v) is 2.10. The molecule has 1 heterocycles. The van der Waals surface area contributed by atoms with E-state index in [4.69, 9.17) is 15.3 Å². The van der Waals surface area contributed by atoms with Gasteiger partial charge in [-0.05, 0) is 31.2 Å². The first kappa shape index (κ1) is 9.73. The predicted molar refractivity (Wildman–Crippen MR) is 56.2 cm³/mol. The van der Waals surface area contributed by atoms with Crippen LogP contribution < -0.4 is 5.73 Å². The Labute approximate surface area is 87.4 Å². The lowest BCUT2D eigenvalue weighted by Crippen LogP contribution is -2.04. The number of rotatable bonds is 2. The number of hydrogen-bond acceptors (Lipinski definition) is 4. The van der Waals surface area contributed by atoms with Gasteiger partial charge in [0.25, 0.3) is 0 Å². The Kier molecular flexibility index (Phi) is 2.43. The number of phenolic OH excluding ortho intramolecular Hbond substituents is 1. The fourth-order valence-electron chi connectivity index (χ4n) is 1.23. The van der Waals surface area contributed by atoms with Crippen LogP contribution in [0.5, 0.6) is 5.75 Å². The highest BCUT2D eigenvalue weighted by atomic mass is 16.3. The SMILES string of the molecule is CC(N)c1coc(-c2ccc(O)cc2)n1. The normalized spacial score (nSPS) is 12.7. The molecule has 1 atom stereocenters. The van der Waals surface area contributed by atoms with Crippen molar-refractivity contribution in [3.63, 3.8) is 0 Å². The van der Waals surface area contributed by atoms with Crippen molar-refractivity contribution in [3.8, 4) is 17.2 Å². The molecule has 0 aliphatic rings. The minimum atomic E-state index is -0.139. The Hall–Kier alpha value is -1.81. The molecule has 0 aliphatic carbocycles. The van der Waals surface area contributed by atoms with E-state index in [1.807, 2.05) is 6.92 Å². The van der Waals surface area contributed by atoms with Gasteiger partial charge in [-0.25, -0.2) is 4.98 Å². The molecule has 78 valence electrons. The molecular formula is C11H12N2O2. The predicted octanol–water partition coefficient (Wildman–Crippen LogP) is 2.07. The van der Waals surface area contributed by atoms with Crippen LogP contribution in [0.25, 0.3) is 11.5 Å². The molecule has 0 fully saturated rings. The zero-order chi connectivity index (χ0) is 10.8. The van der Waals surface area contributed by atoms with E-state index < -0.39 is 0 Å². The number of benzene rings is 1. The van der Waals surface area contributed by atoms with Gasteiger partial charge in [-0.2, -0.15) is 0 Å². The molecule has 4 nitrogen and oxygen atoms in total. The summed E-state index contributed by atoms with van der Waals surface area (Å²) < 4.78 is 5.28. The molecule has 15 heavy (non-hydrogen) atoms. The third-order valence-electron chi connectivity index (χ3n) is 2.10. The minimum absolute atomic E-state index is 0.139. The highest BCUT2D eigenvalue weighted by Crippen LogP contribution is 2.22. The Morgan fingerprint density at radius 2 is 2.00 bits per heavy atom. The highest BCUT2D eigenvalue weighted by Gasteiger charge is 2.08. The molecule has 0 saturated carbocycles. The topological polar surface area (TPSA) is 72.3 Å². The first-order chi connectivity index (χ1) is 7.16. The highest BCUT2D eigenvalue weighted by molar-refractivity contribution is 5.54. The fourth-order valence-corrected chi connectivity index (χ4v) is 1.23. The number of hydrogen-bond donors (Lipinski definition) is 2. The second-order valence-corrected chi connectivity index (χ2v) is 3.41. The van der Waals surface area contributed by atoms with Crippen molar-refractivity contribution >= 4 is 0 Å². The molecule has 0 radical (unpaired) electrons. The lowest BCUT2D eigenvalue weighted by molar-refractivity contribution is 0.475. The standard InChI is InChI=1S/C11H12N2O2/c1-7(12)10-6-15-11(13-10)8-2-4-9(14)5-3-8/h2-7,14H,12H2,1H3. The quantitative estimate of drug-likeness (QED) is 0.785. The van der Waals surface area contributed by atoms with Crippen LogP contribution in [0, 0.1) is 0 Å². The smallest absolute Gasteiger partial charge is 0.226 e. The average molecular weight is 204 g/mol. The van der Waals surface area contributed by atoms with Gasteiger partial charge in [-0.3, -0.25) is 0 Å². The van der Waals surface area contributed by atoms with Crippen molar-refractivity contribution in [1.29, 1.82) is 0 Å². The summed E-state index contributed by atoms with van der Waals surface area (Å²) in [5.74, 6) is 0.736. The number of aromatic nitrogens is 1. The number of phenols is 1. The summed E-state index contributed by atoms with van der Waals surface area (Å²) >= 11 is 0. The van der Waals surface area contributed by atoms with Crippen LogP contribution in [0.2, 0.25) is 0 Å². The molecule has 1 aromatic heterocycles. The number of nitrogens with two attached hydrogens (primary N) is 1. The first-order valence-corrected chi connectivity index (χ1v) is 4.67. The second kappa shape index (κ2) is 3.74. The molecule has 2 rings (SSSR count). The van der Waals surface area contributed by atoms with Crippen LogP contribution >= 0.6 is 0 Å². The third kappa shape index (κ3) is 1.99. The average Bonchev–Trinajstić information content (AvgIpc) is 2.68. The monoisotopic (exact) mass is 204 g/mol. The summed E-state index contributed by atoms with van der Waals surface area (Å²) in [5, 5.41) is 9.13. The van der Waals surface area contributed by atoms with Gasteiger partial charge in [-0.1, -0.05) is 0 Å². The molecule has 0 saturated heterocycles. The van der Waals surface area contributed by atoms with Crippen molar-refractivity contribution in [2.75, 3.05) is 0 Å². The van der Waals surface area contributed by atoms with Crippen LogP contribution in [0.4, 0.5) is 0 Å². The van der Waals surface area contributed by atoms with Crippen LogP contribution in [0.15, 0.2) is 34.9 Å². The summed E-state index contributed by atoms with van der Waals surface area (Å²) in [7, 11) is 0. The van der Waals surface area contributed by atoms with Crippen molar-refractivity contribution in [1.82, 2.24) is 4.98 Å². The van der Waals surface area contributed by atoms with Crippen LogP contribution in [0.3, 0.4) is 0 Å². The van der Waals surface area contributed by atoms with Gasteiger partial charge in [0.2, 0.25) is 5.89 Å². The Morgan fingerprint density at radius 1 is 1.33 bits per heavy atom. The zero-order valence-corrected chi connectivity index (χ0v) is 8.34. The Morgan fingerprint density at radius 3 is 2.53 bits per heavy atom. The zero-order valence-electron chi connectivity index (χ0n) is 8.34. The Balaban J connectivity index is 2.33. The van der Waals surface area contributed by atoms with Crippen LogP contribution in [-0.2, 0) is 0 Å². The van der Waals surface area contributed by atoms with E-state index in [2.05, 4.69) is 4.98 Å². The van der Waals surface area contributed by atoms with E-state index in [0.717, 1.165) is 11.3 Å². The second-order valence-electron chi connectivity index (χ2n) is 3.41. The molecular weight excluding hydrogens is 192 g/mol. The lowest BCUT2D eigenvalue weighted by atomic mass is 10.2. The molecule has 0 aliphatic heterocycles. The maximum atomic E-state index is 9.13. The maximum Gasteiger partial charge on any atom is 0.226 e. The lowest BCUT2D eigenvalue weighted by Gasteiger charge is -1.96. The molecule has 1 unspecified atom stereocenters. The molecule has 0 bridgehead atoms. The van der Waals surface area contributed by atoms with E-state index in [1.54, 1.807) is 30.5 Å². The molecule has 3 N–H and O–H groups in total. The molecule has 0 spiro atoms. The van der Waals surface area contributed by atoms with E-state index in [-0.39, 0.29) is 11.8 Å². The largest absolute Gasteiger partial charge is 0.508 e. The van der Waals surface area contributed by atoms with Crippen molar-refractivity contribution in [3.05, 3.63) is 36.2 Å². The minimum Gasteiger partial charge on any atom is -0.508 e. The van der Waals surface area contributed by atoms with Gasteiger partial charge < -0.3 is 15.3 Å². The summed E-state index contributed by atoms with van der Waals surface area (Å²) in [6.45, 7) is 1.85. The summed E-state index contributed by atoms with van der Waals surface area (Å²) in [5.41, 5.74) is 7.21. The van der Waals surface area contributed by atoms with Crippen molar-refractivity contribution in [2.24, 2.45) is 5.73 Å². The fraction of sp³-hybridized carbons (Fsp3) is 0.182. The maximum absolute atomic E-state index is 9.13. The van der Waals surface area contributed by atoms with Gasteiger partial charge in [0.15, 0.2) is 0 Å². The summed E-state index contributed by atoms with van der Waals surface area (Å²) in [4.78, 5) is 4.24. The van der Waals surface area contributed by atoms with Crippen LogP contribution in [0.1, 0.15) is 18.7 Å². The van der Waals surface area contributed by atoms with E-state index in [1.165, 1.54) is 0 Å². The number of aromatic hydroxyl groups is 1. The van der Waals surface area contributed by atoms with E-state index in [0.29, 0.717) is 5.89 Å². The molecule has 4 heteroatoms. The first-order valence-electron chi connectivity index (χ1n) is 4.67.